The first-order chi connectivity index (χ1) is 20.9. The van der Waals surface area contributed by atoms with E-state index in [0.717, 1.165) is 11.1 Å². The van der Waals surface area contributed by atoms with Crippen molar-refractivity contribution in [1.82, 2.24) is 15.1 Å². The molecule has 2 aromatic rings. The molecule has 1 aliphatic heterocycles. The topological polar surface area (TPSA) is 136 Å². The van der Waals surface area contributed by atoms with Crippen LogP contribution in [0, 0.1) is 0 Å². The van der Waals surface area contributed by atoms with Crippen molar-refractivity contribution in [3.05, 3.63) is 45.6 Å². The third-order valence-corrected chi connectivity index (χ3v) is 7.63. The van der Waals surface area contributed by atoms with Gasteiger partial charge in [-0.1, -0.05) is 6.07 Å². The lowest BCUT2D eigenvalue weighted by Gasteiger charge is -2.35. The average molecular weight is 611 g/mol. The monoisotopic (exact) mass is 610 g/mol. The maximum atomic E-state index is 13.5. The molecule has 4 rings (SSSR count). The molecule has 12 heteroatoms. The van der Waals surface area contributed by atoms with Gasteiger partial charge in [-0.25, -0.2) is 4.79 Å². The van der Waals surface area contributed by atoms with Crippen molar-refractivity contribution in [3.63, 3.8) is 0 Å². The fourth-order valence-electron chi connectivity index (χ4n) is 5.60. The maximum Gasteiger partial charge on any atom is 0.410 e. The van der Waals surface area contributed by atoms with E-state index in [1.54, 1.807) is 36.2 Å². The molecule has 0 spiro atoms. The van der Waals surface area contributed by atoms with E-state index in [1.165, 1.54) is 20.1 Å². The standard InChI is InChI=1S/C32H42N4O8/c1-19(37)34-23-10-8-20-16-26(41-5)29(42-6)30(43-7)28(20)21-9-11-24(25(38)17-22(21)23)33-18-27(39)35-12-14-36(15-13-35)31(40)44-32(2,3)4/h9,11,16-17,23H,8,10,12-15,18H2,1-7H3,(H,33,38)(H,34,37). The highest BCUT2D eigenvalue weighted by molar-refractivity contribution is 5.84. The van der Waals surface area contributed by atoms with Crippen LogP contribution < -0.4 is 30.3 Å². The molecule has 1 atom stereocenters. The van der Waals surface area contributed by atoms with E-state index in [0.29, 0.717) is 67.4 Å². The number of ether oxygens (including phenoxy) is 4. The molecule has 2 aliphatic rings. The van der Waals surface area contributed by atoms with E-state index in [-0.39, 0.29) is 29.5 Å². The Morgan fingerprint density at radius 2 is 1.59 bits per heavy atom. The van der Waals surface area contributed by atoms with Gasteiger partial charge in [0.25, 0.3) is 0 Å². The fraction of sp³-hybridized carbons (Fsp3) is 0.500. The lowest BCUT2D eigenvalue weighted by molar-refractivity contribution is -0.131. The van der Waals surface area contributed by atoms with Crippen LogP contribution in [0.5, 0.6) is 17.2 Å². The van der Waals surface area contributed by atoms with Crippen molar-refractivity contribution in [1.29, 1.82) is 0 Å². The van der Waals surface area contributed by atoms with Crippen molar-refractivity contribution in [2.45, 2.75) is 52.2 Å². The molecule has 1 unspecified atom stereocenters. The van der Waals surface area contributed by atoms with Gasteiger partial charge in [-0.15, -0.1) is 0 Å². The van der Waals surface area contributed by atoms with Crippen LogP contribution in [0.25, 0.3) is 11.1 Å². The Bertz CT molecular complexity index is 1480. The van der Waals surface area contributed by atoms with Crippen molar-refractivity contribution in [2.24, 2.45) is 0 Å². The number of piperazine rings is 1. The first kappa shape index (κ1) is 32.4. The molecule has 44 heavy (non-hydrogen) atoms. The Morgan fingerprint density at radius 3 is 2.18 bits per heavy atom. The molecule has 1 heterocycles. The summed E-state index contributed by atoms with van der Waals surface area (Å²) in [7, 11) is 4.63. The van der Waals surface area contributed by atoms with Gasteiger partial charge in [-0.3, -0.25) is 14.4 Å². The van der Waals surface area contributed by atoms with Gasteiger partial charge in [0, 0.05) is 38.7 Å². The summed E-state index contributed by atoms with van der Waals surface area (Å²) in [5.41, 5.74) is 2.31. The second-order valence-corrected chi connectivity index (χ2v) is 11.8. The van der Waals surface area contributed by atoms with Crippen LogP contribution in [0.2, 0.25) is 0 Å². The van der Waals surface area contributed by atoms with Gasteiger partial charge in [0.2, 0.25) is 23.0 Å². The van der Waals surface area contributed by atoms with Gasteiger partial charge < -0.3 is 39.4 Å². The fourth-order valence-corrected chi connectivity index (χ4v) is 5.60. The van der Waals surface area contributed by atoms with Crippen molar-refractivity contribution in [3.8, 4) is 28.4 Å². The first-order valence-electron chi connectivity index (χ1n) is 14.6. The second kappa shape index (κ2) is 13.4. The largest absolute Gasteiger partial charge is 0.493 e. The summed E-state index contributed by atoms with van der Waals surface area (Å²) in [5.74, 6) is 0.980. The number of rotatable bonds is 7. The highest BCUT2D eigenvalue weighted by Crippen LogP contribution is 2.50. The Morgan fingerprint density at radius 1 is 0.932 bits per heavy atom. The second-order valence-electron chi connectivity index (χ2n) is 11.8. The van der Waals surface area contributed by atoms with E-state index in [1.807, 2.05) is 26.8 Å². The van der Waals surface area contributed by atoms with E-state index in [9.17, 15) is 19.2 Å². The minimum absolute atomic E-state index is 0.101. The Balaban J connectivity index is 1.61. The highest BCUT2D eigenvalue weighted by Gasteiger charge is 2.30. The number of hydrogen-bond acceptors (Lipinski definition) is 9. The summed E-state index contributed by atoms with van der Waals surface area (Å²) in [5, 5.41) is 6.00. The van der Waals surface area contributed by atoms with Crippen LogP contribution >= 0.6 is 0 Å². The van der Waals surface area contributed by atoms with Crippen LogP contribution in [0.15, 0.2) is 29.1 Å². The van der Waals surface area contributed by atoms with Gasteiger partial charge in [0.1, 0.15) is 5.60 Å². The quantitative estimate of drug-likeness (QED) is 0.484. The number of methoxy groups -OCH3 is 3. The Labute approximate surface area is 257 Å². The summed E-state index contributed by atoms with van der Waals surface area (Å²) in [6, 6.07) is 6.41. The first-order valence-corrected chi connectivity index (χ1v) is 14.6. The molecule has 2 aromatic carbocycles. The summed E-state index contributed by atoms with van der Waals surface area (Å²) < 4.78 is 22.5. The molecule has 0 bridgehead atoms. The number of fused-ring (bicyclic) bond motifs is 3. The molecule has 0 saturated carbocycles. The van der Waals surface area contributed by atoms with Crippen LogP contribution in [0.3, 0.4) is 0 Å². The summed E-state index contributed by atoms with van der Waals surface area (Å²) >= 11 is 0. The SMILES string of the molecule is COc1cc2c(c(OC)c1OC)-c1ccc(NCC(=O)N3CCN(C(=O)OC(C)(C)C)CC3)c(=O)cc1C(NC(C)=O)CC2. The van der Waals surface area contributed by atoms with Gasteiger partial charge in [-0.2, -0.15) is 0 Å². The molecule has 1 saturated heterocycles. The predicted molar refractivity (Wildman–Crippen MR) is 166 cm³/mol. The molecule has 0 radical (unpaired) electrons. The van der Waals surface area contributed by atoms with Gasteiger partial charge >= 0.3 is 6.09 Å². The zero-order valence-electron chi connectivity index (χ0n) is 26.5. The predicted octanol–water partition coefficient (Wildman–Crippen LogP) is 3.35. The number of aryl methyl sites for hydroxylation is 1. The number of carbonyl (C=O) groups is 3. The minimum Gasteiger partial charge on any atom is -0.493 e. The third kappa shape index (κ3) is 7.17. The van der Waals surface area contributed by atoms with Crippen LogP contribution in [-0.4, -0.2) is 87.4 Å². The molecule has 0 aromatic heterocycles. The summed E-state index contributed by atoms with van der Waals surface area (Å²) in [6.45, 7) is 8.22. The van der Waals surface area contributed by atoms with Crippen LogP contribution in [-0.2, 0) is 20.7 Å². The minimum atomic E-state index is -0.595. The lowest BCUT2D eigenvalue weighted by atomic mass is 9.95. The van der Waals surface area contributed by atoms with E-state index in [4.69, 9.17) is 18.9 Å². The number of nitrogens with one attached hydrogen (secondary N) is 2. The molecule has 238 valence electrons. The van der Waals surface area contributed by atoms with E-state index in [2.05, 4.69) is 10.6 Å². The molecular weight excluding hydrogens is 568 g/mol. The smallest absolute Gasteiger partial charge is 0.410 e. The Kier molecular flexibility index (Phi) is 9.91. The normalized spacial score (nSPS) is 16.1. The van der Waals surface area contributed by atoms with Crippen LogP contribution in [0.4, 0.5) is 10.5 Å². The summed E-state index contributed by atoms with van der Waals surface area (Å²) in [4.78, 5) is 54.4. The number of benzene rings is 1. The van der Waals surface area contributed by atoms with E-state index >= 15 is 0 Å². The number of nitrogens with zero attached hydrogens (tertiary/aromatic N) is 2. The number of hydrogen-bond donors (Lipinski definition) is 2. The zero-order valence-corrected chi connectivity index (χ0v) is 26.5. The average Bonchev–Trinajstić information content (AvgIpc) is 3.22. The number of anilines is 1. The molecular formula is C32H42N4O8. The van der Waals surface area contributed by atoms with Crippen molar-refractivity contribution < 1.29 is 33.3 Å². The molecule has 2 N–H and O–H groups in total. The van der Waals surface area contributed by atoms with Crippen LogP contribution in [0.1, 0.15) is 51.3 Å². The van der Waals surface area contributed by atoms with Gasteiger partial charge in [0.05, 0.1) is 39.6 Å². The van der Waals surface area contributed by atoms with Crippen molar-refractivity contribution >= 4 is 23.6 Å². The number of carbonyl (C=O) groups excluding carboxylic acids is 3. The lowest BCUT2D eigenvalue weighted by Crippen LogP contribution is -2.52. The molecule has 1 fully saturated rings. The molecule has 1 aliphatic carbocycles. The third-order valence-electron chi connectivity index (χ3n) is 7.63. The molecule has 12 nitrogen and oxygen atoms in total. The van der Waals surface area contributed by atoms with Gasteiger partial charge in [0.15, 0.2) is 11.5 Å². The zero-order chi connectivity index (χ0) is 32.2. The molecule has 3 amide bonds. The van der Waals surface area contributed by atoms with E-state index < -0.39 is 17.7 Å². The van der Waals surface area contributed by atoms with Gasteiger partial charge in [-0.05, 0) is 68.5 Å². The highest BCUT2D eigenvalue weighted by atomic mass is 16.6. The Hall–Kier alpha value is -4.48. The summed E-state index contributed by atoms with van der Waals surface area (Å²) in [6.07, 6.45) is 0.727. The van der Waals surface area contributed by atoms with Crippen molar-refractivity contribution in [2.75, 3.05) is 59.4 Å². The maximum absolute atomic E-state index is 13.5. The number of amides is 3.